The van der Waals surface area contributed by atoms with Gasteiger partial charge in [-0.15, -0.1) is 0 Å². The van der Waals surface area contributed by atoms with Gasteiger partial charge >= 0.3 is 0 Å². The Labute approximate surface area is 85.9 Å². The minimum absolute atomic E-state index is 0.532. The van der Waals surface area contributed by atoms with E-state index in [0.29, 0.717) is 5.31 Å². The van der Waals surface area contributed by atoms with Crippen LogP contribution in [0.1, 0.15) is 66.2 Å². The summed E-state index contributed by atoms with van der Waals surface area (Å²) in [5.74, 6) is 0.947. The summed E-state index contributed by atoms with van der Waals surface area (Å²) < 4.78 is 0. The van der Waals surface area contributed by atoms with Gasteiger partial charge in [0.05, 0.1) is 0 Å². The van der Waals surface area contributed by atoms with E-state index in [9.17, 15) is 0 Å². The average Bonchev–Trinajstić information content (AvgIpc) is 1.98. The zero-order chi connectivity index (χ0) is 10.3. The fourth-order valence-electron chi connectivity index (χ4n) is 1.68. The summed E-state index contributed by atoms with van der Waals surface area (Å²) in [4.78, 5) is 0. The summed E-state index contributed by atoms with van der Waals surface area (Å²) in [6.45, 7) is 9.35. The molecule has 0 rings (SSSR count). The van der Waals surface area contributed by atoms with Crippen LogP contribution < -0.4 is 0 Å². The van der Waals surface area contributed by atoms with Crippen molar-refractivity contribution in [2.24, 2.45) is 5.92 Å². The third kappa shape index (κ3) is 9.98. The largest absolute Gasteiger partial charge is 0.108 e. The van der Waals surface area contributed by atoms with Gasteiger partial charge in [-0.25, -0.2) is 0 Å². The molecule has 78 valence electrons. The maximum Gasteiger partial charge on any atom is 0.108 e. The molecule has 0 aromatic heterocycles. The second kappa shape index (κ2) is 6.51. The zero-order valence-corrected chi connectivity index (χ0v) is 10.3. The van der Waals surface area contributed by atoms with Gasteiger partial charge in [0.25, 0.3) is 0 Å². The first kappa shape index (κ1) is 13.1. The molecule has 0 aliphatic rings. The van der Waals surface area contributed by atoms with Crippen LogP contribution in [-0.2, 0) is 0 Å². The first-order valence-corrected chi connectivity index (χ1v) is 5.95. The van der Waals surface area contributed by atoms with Crippen molar-refractivity contribution in [3.05, 3.63) is 0 Å². The average molecular weight is 182 g/mol. The maximum atomic E-state index is 2.40. The molecule has 0 fully saturated rings. The Morgan fingerprint density at radius 3 is 2.15 bits per heavy atom. The Kier molecular flexibility index (Phi) is 6.54. The van der Waals surface area contributed by atoms with Crippen molar-refractivity contribution in [2.45, 2.75) is 71.5 Å². The Hall–Kier alpha value is 0.0649. The van der Waals surface area contributed by atoms with E-state index in [-0.39, 0.29) is 0 Å². The summed E-state index contributed by atoms with van der Waals surface area (Å²) in [5.41, 5.74) is 0. The highest BCUT2D eigenvalue weighted by Gasteiger charge is 2.10. The summed E-state index contributed by atoms with van der Waals surface area (Å²) >= 11 is 0. The van der Waals surface area contributed by atoms with Crippen LogP contribution in [0.25, 0.3) is 0 Å². The van der Waals surface area contributed by atoms with Crippen LogP contribution in [-0.4, -0.2) is 7.85 Å². The van der Waals surface area contributed by atoms with E-state index in [1.807, 2.05) is 0 Å². The molecular weight excluding hydrogens is 155 g/mol. The van der Waals surface area contributed by atoms with Crippen LogP contribution >= 0.6 is 0 Å². The monoisotopic (exact) mass is 182 g/mol. The lowest BCUT2D eigenvalue weighted by Gasteiger charge is -2.19. The van der Waals surface area contributed by atoms with E-state index in [4.69, 9.17) is 0 Å². The minimum atomic E-state index is 0.532. The maximum absolute atomic E-state index is 2.40. The smallest absolute Gasteiger partial charge is 0.0672 e. The fraction of sp³-hybridized carbons (Fsp3) is 1.00. The third-order valence-corrected chi connectivity index (χ3v) is 2.67. The lowest BCUT2D eigenvalue weighted by atomic mass is 9.69. The number of rotatable bonds is 7. The highest BCUT2D eigenvalue weighted by Crippen LogP contribution is 2.27. The third-order valence-electron chi connectivity index (χ3n) is 2.67. The first-order valence-electron chi connectivity index (χ1n) is 5.95. The van der Waals surface area contributed by atoms with Crippen LogP contribution in [0.15, 0.2) is 0 Å². The molecule has 0 aliphatic heterocycles. The quantitative estimate of drug-likeness (QED) is 0.525. The van der Waals surface area contributed by atoms with E-state index in [1.165, 1.54) is 38.5 Å². The number of hydrogen-bond acceptors (Lipinski definition) is 0. The van der Waals surface area contributed by atoms with Gasteiger partial charge in [-0.2, -0.15) is 0 Å². The highest BCUT2D eigenvalue weighted by molar-refractivity contribution is 6.14. The van der Waals surface area contributed by atoms with Gasteiger partial charge in [0.1, 0.15) is 7.85 Å². The van der Waals surface area contributed by atoms with Crippen LogP contribution in [0.5, 0.6) is 0 Å². The van der Waals surface area contributed by atoms with Crippen molar-refractivity contribution in [3.63, 3.8) is 0 Å². The van der Waals surface area contributed by atoms with Gasteiger partial charge < -0.3 is 0 Å². The molecule has 0 saturated heterocycles. The van der Waals surface area contributed by atoms with Crippen LogP contribution in [0.4, 0.5) is 0 Å². The van der Waals surface area contributed by atoms with Gasteiger partial charge in [-0.3, -0.25) is 0 Å². The molecule has 0 N–H and O–H groups in total. The van der Waals surface area contributed by atoms with E-state index < -0.39 is 0 Å². The summed E-state index contributed by atoms with van der Waals surface area (Å²) in [6.07, 6.45) is 8.41. The molecule has 1 atom stereocenters. The van der Waals surface area contributed by atoms with Gasteiger partial charge in [0, 0.05) is 0 Å². The summed E-state index contributed by atoms with van der Waals surface area (Å²) in [6, 6.07) is 0. The van der Waals surface area contributed by atoms with Gasteiger partial charge in [-0.05, 0) is 5.92 Å². The molecule has 0 nitrogen and oxygen atoms in total. The van der Waals surface area contributed by atoms with Gasteiger partial charge in [-0.1, -0.05) is 71.5 Å². The Morgan fingerprint density at radius 2 is 1.69 bits per heavy atom. The topological polar surface area (TPSA) is 0 Å². The molecule has 0 amide bonds. The van der Waals surface area contributed by atoms with E-state index in [2.05, 4.69) is 35.5 Å². The Balaban J connectivity index is 3.31. The molecule has 0 aliphatic carbocycles. The Morgan fingerprint density at radius 1 is 1.15 bits per heavy atom. The summed E-state index contributed by atoms with van der Waals surface area (Å²) in [5, 5.41) is 0.532. The van der Waals surface area contributed by atoms with Gasteiger partial charge in [0.2, 0.25) is 0 Å². The second-order valence-corrected chi connectivity index (χ2v) is 5.70. The fourth-order valence-corrected chi connectivity index (χ4v) is 1.68. The predicted molar refractivity (Wildman–Crippen MR) is 65.1 cm³/mol. The molecule has 1 heteroatoms. The number of hydrogen-bond donors (Lipinski definition) is 0. The lowest BCUT2D eigenvalue weighted by Crippen LogP contribution is -2.03. The molecular formula is C12H27B. The van der Waals surface area contributed by atoms with Crippen molar-refractivity contribution in [1.29, 1.82) is 0 Å². The van der Waals surface area contributed by atoms with Crippen LogP contribution in [0, 0.1) is 5.92 Å². The first-order chi connectivity index (χ1) is 5.95. The normalized spacial score (nSPS) is 14.5. The zero-order valence-electron chi connectivity index (χ0n) is 10.3. The molecule has 0 bridgehead atoms. The molecule has 0 heterocycles. The van der Waals surface area contributed by atoms with Crippen LogP contribution in [0.3, 0.4) is 0 Å². The molecule has 0 aromatic carbocycles. The van der Waals surface area contributed by atoms with E-state index in [0.717, 1.165) is 5.92 Å². The SMILES string of the molecule is BC(C)(C)CCCC(C)CCCC. The van der Waals surface area contributed by atoms with Crippen molar-refractivity contribution in [2.75, 3.05) is 0 Å². The molecule has 13 heavy (non-hydrogen) atoms. The second-order valence-electron chi connectivity index (χ2n) is 5.70. The van der Waals surface area contributed by atoms with E-state index in [1.54, 1.807) is 0 Å². The minimum Gasteiger partial charge on any atom is -0.0672 e. The summed E-state index contributed by atoms with van der Waals surface area (Å²) in [7, 11) is 2.34. The molecule has 0 spiro atoms. The van der Waals surface area contributed by atoms with Crippen molar-refractivity contribution in [1.82, 2.24) is 0 Å². The van der Waals surface area contributed by atoms with Crippen molar-refractivity contribution >= 4 is 7.85 Å². The van der Waals surface area contributed by atoms with E-state index >= 15 is 0 Å². The van der Waals surface area contributed by atoms with Crippen molar-refractivity contribution in [3.8, 4) is 0 Å². The molecule has 1 unspecified atom stereocenters. The number of unbranched alkanes of at least 4 members (excludes halogenated alkanes) is 1. The molecule has 0 saturated carbocycles. The Bertz CT molecular complexity index is 113. The highest BCUT2D eigenvalue weighted by atomic mass is 14.1. The predicted octanol–water partition coefficient (Wildman–Crippen LogP) is 3.81. The molecule has 0 radical (unpaired) electrons. The molecule has 0 aromatic rings. The van der Waals surface area contributed by atoms with Crippen LogP contribution in [0.2, 0.25) is 5.31 Å². The van der Waals surface area contributed by atoms with Gasteiger partial charge in [0.15, 0.2) is 0 Å². The lowest BCUT2D eigenvalue weighted by molar-refractivity contribution is 0.431. The van der Waals surface area contributed by atoms with Crippen molar-refractivity contribution < 1.29 is 0 Å². The standard InChI is InChI=1S/C12H27B/c1-5-6-8-11(2)9-7-10-12(3,4)13/h11H,5-10,13H2,1-4H3.